The van der Waals surface area contributed by atoms with Crippen LogP contribution in [0.15, 0.2) is 12.1 Å². The highest BCUT2D eigenvalue weighted by atomic mass is 16.5. The number of ether oxygens (including phenoxy) is 2. The summed E-state index contributed by atoms with van der Waals surface area (Å²) < 4.78 is 11.0. The molecule has 0 N–H and O–H groups in total. The number of rotatable bonds is 4. The van der Waals surface area contributed by atoms with Crippen LogP contribution in [-0.4, -0.2) is 25.3 Å². The molecule has 1 aromatic carbocycles. The number of esters is 1. The molecule has 1 saturated carbocycles. The number of methoxy groups -OCH3 is 1. The second kappa shape index (κ2) is 7.08. The van der Waals surface area contributed by atoms with E-state index in [4.69, 9.17) is 9.47 Å². The zero-order chi connectivity index (χ0) is 15.4. The summed E-state index contributed by atoms with van der Waals surface area (Å²) in [5, 5.41) is 0. The molecule has 1 aromatic rings. The highest BCUT2D eigenvalue weighted by Gasteiger charge is 2.24. The third-order valence-corrected chi connectivity index (χ3v) is 4.41. The Bertz CT molecular complexity index is 476. The van der Waals surface area contributed by atoms with E-state index in [1.54, 1.807) is 7.11 Å². The van der Waals surface area contributed by atoms with Crippen LogP contribution in [0.4, 0.5) is 0 Å². The summed E-state index contributed by atoms with van der Waals surface area (Å²) in [7, 11) is 1.75. The molecule has 2 rings (SSSR count). The van der Waals surface area contributed by atoms with Crippen molar-refractivity contribution in [3.05, 3.63) is 34.4 Å². The van der Waals surface area contributed by atoms with Crippen LogP contribution in [0.2, 0.25) is 0 Å². The first-order chi connectivity index (χ1) is 9.99. The lowest BCUT2D eigenvalue weighted by molar-refractivity contribution is -0.151. The Kier molecular flexibility index (Phi) is 5.40. The summed E-state index contributed by atoms with van der Waals surface area (Å²) in [5.41, 5.74) is 4.69. The molecule has 0 aliphatic heterocycles. The minimum Gasteiger partial charge on any atom is -0.462 e. The SMILES string of the molecule is COC1CCC(OC(=O)Cc2c(C)cc(C)cc2C)CC1. The van der Waals surface area contributed by atoms with Gasteiger partial charge in [0.15, 0.2) is 0 Å². The predicted molar refractivity (Wildman–Crippen MR) is 83.5 cm³/mol. The molecule has 0 saturated heterocycles. The van der Waals surface area contributed by atoms with Gasteiger partial charge in [0.2, 0.25) is 0 Å². The Morgan fingerprint density at radius 1 is 1.05 bits per heavy atom. The van der Waals surface area contributed by atoms with Crippen LogP contribution in [0, 0.1) is 20.8 Å². The monoisotopic (exact) mass is 290 g/mol. The summed E-state index contributed by atoms with van der Waals surface area (Å²) in [4.78, 5) is 12.2. The molecule has 1 aliphatic carbocycles. The van der Waals surface area contributed by atoms with E-state index >= 15 is 0 Å². The van der Waals surface area contributed by atoms with Gasteiger partial charge in [-0.15, -0.1) is 0 Å². The molecular weight excluding hydrogens is 264 g/mol. The van der Waals surface area contributed by atoms with E-state index in [0.717, 1.165) is 31.2 Å². The fourth-order valence-electron chi connectivity index (χ4n) is 3.25. The molecule has 21 heavy (non-hydrogen) atoms. The molecule has 0 heterocycles. The predicted octanol–water partition coefficient (Wildman–Crippen LogP) is 3.66. The van der Waals surface area contributed by atoms with E-state index in [1.807, 2.05) is 0 Å². The van der Waals surface area contributed by atoms with Crippen LogP contribution < -0.4 is 0 Å². The molecule has 0 bridgehead atoms. The smallest absolute Gasteiger partial charge is 0.310 e. The van der Waals surface area contributed by atoms with Gasteiger partial charge in [0.1, 0.15) is 6.10 Å². The maximum atomic E-state index is 12.2. The normalized spacial score (nSPS) is 22.1. The number of aryl methyl sites for hydroxylation is 3. The number of hydrogen-bond acceptors (Lipinski definition) is 3. The number of carbonyl (C=O) groups is 1. The highest BCUT2D eigenvalue weighted by molar-refractivity contribution is 5.74. The number of hydrogen-bond donors (Lipinski definition) is 0. The fourth-order valence-corrected chi connectivity index (χ4v) is 3.25. The van der Waals surface area contributed by atoms with Gasteiger partial charge in [-0.1, -0.05) is 17.7 Å². The highest BCUT2D eigenvalue weighted by Crippen LogP contribution is 2.24. The molecule has 3 nitrogen and oxygen atoms in total. The Labute approximate surface area is 127 Å². The Morgan fingerprint density at radius 2 is 1.57 bits per heavy atom. The van der Waals surface area contributed by atoms with Gasteiger partial charge < -0.3 is 9.47 Å². The van der Waals surface area contributed by atoms with E-state index in [-0.39, 0.29) is 12.1 Å². The van der Waals surface area contributed by atoms with Gasteiger partial charge >= 0.3 is 5.97 Å². The molecule has 0 atom stereocenters. The summed E-state index contributed by atoms with van der Waals surface area (Å²) in [6, 6.07) is 4.25. The first kappa shape index (κ1) is 16.0. The van der Waals surface area contributed by atoms with Crippen LogP contribution in [-0.2, 0) is 20.7 Å². The first-order valence-corrected chi connectivity index (χ1v) is 7.78. The van der Waals surface area contributed by atoms with Gasteiger partial charge in [0, 0.05) is 7.11 Å². The minimum atomic E-state index is -0.106. The van der Waals surface area contributed by atoms with Crippen LogP contribution in [0.25, 0.3) is 0 Å². The summed E-state index contributed by atoms with van der Waals surface area (Å²) in [6.07, 6.45) is 4.57. The standard InChI is InChI=1S/C18H26O3/c1-12-9-13(2)17(14(3)10-12)11-18(19)21-16-7-5-15(20-4)6-8-16/h9-10,15-16H,5-8,11H2,1-4H3. The first-order valence-electron chi connectivity index (χ1n) is 7.78. The van der Waals surface area contributed by atoms with E-state index in [0.29, 0.717) is 12.5 Å². The molecular formula is C18H26O3. The van der Waals surface area contributed by atoms with Crippen molar-refractivity contribution in [2.24, 2.45) is 0 Å². The van der Waals surface area contributed by atoms with Crippen molar-refractivity contribution in [1.29, 1.82) is 0 Å². The van der Waals surface area contributed by atoms with Gasteiger partial charge in [0.05, 0.1) is 12.5 Å². The molecule has 0 radical (unpaired) electrons. The van der Waals surface area contributed by atoms with Crippen LogP contribution in [0.5, 0.6) is 0 Å². The number of benzene rings is 1. The molecule has 0 amide bonds. The van der Waals surface area contributed by atoms with Gasteiger partial charge in [-0.25, -0.2) is 0 Å². The minimum absolute atomic E-state index is 0.0648. The lowest BCUT2D eigenvalue weighted by atomic mass is 9.94. The lowest BCUT2D eigenvalue weighted by Crippen LogP contribution is -2.28. The van der Waals surface area contributed by atoms with Crippen LogP contribution in [0.1, 0.15) is 47.9 Å². The van der Waals surface area contributed by atoms with Crippen LogP contribution >= 0.6 is 0 Å². The van der Waals surface area contributed by atoms with E-state index < -0.39 is 0 Å². The number of carbonyl (C=O) groups excluding carboxylic acids is 1. The molecule has 1 aliphatic rings. The molecule has 116 valence electrons. The van der Waals surface area contributed by atoms with Crippen LogP contribution in [0.3, 0.4) is 0 Å². The molecule has 3 heteroatoms. The maximum Gasteiger partial charge on any atom is 0.310 e. The van der Waals surface area contributed by atoms with Gasteiger partial charge in [-0.2, -0.15) is 0 Å². The lowest BCUT2D eigenvalue weighted by Gasteiger charge is -2.27. The molecule has 0 aromatic heterocycles. The fraction of sp³-hybridized carbons (Fsp3) is 0.611. The van der Waals surface area contributed by atoms with E-state index in [1.165, 1.54) is 16.7 Å². The maximum absolute atomic E-state index is 12.2. The zero-order valence-electron chi connectivity index (χ0n) is 13.6. The van der Waals surface area contributed by atoms with Crippen molar-refractivity contribution >= 4 is 5.97 Å². The summed E-state index contributed by atoms with van der Waals surface area (Å²) in [5.74, 6) is -0.106. The molecule has 0 spiro atoms. The molecule has 0 unspecified atom stereocenters. The van der Waals surface area contributed by atoms with Crippen molar-refractivity contribution in [2.75, 3.05) is 7.11 Å². The van der Waals surface area contributed by atoms with Crippen molar-refractivity contribution in [1.82, 2.24) is 0 Å². The van der Waals surface area contributed by atoms with Crippen molar-refractivity contribution < 1.29 is 14.3 Å². The third kappa shape index (κ3) is 4.31. The van der Waals surface area contributed by atoms with Gasteiger partial charge in [-0.05, 0) is 63.1 Å². The zero-order valence-corrected chi connectivity index (χ0v) is 13.6. The molecule has 1 fully saturated rings. The second-order valence-electron chi connectivity index (χ2n) is 6.18. The Morgan fingerprint density at radius 3 is 2.10 bits per heavy atom. The Balaban J connectivity index is 1.91. The third-order valence-electron chi connectivity index (χ3n) is 4.41. The van der Waals surface area contributed by atoms with Gasteiger partial charge in [-0.3, -0.25) is 4.79 Å². The van der Waals surface area contributed by atoms with E-state index in [9.17, 15) is 4.79 Å². The quantitative estimate of drug-likeness (QED) is 0.794. The summed E-state index contributed by atoms with van der Waals surface area (Å²) >= 11 is 0. The summed E-state index contributed by atoms with van der Waals surface area (Å²) in [6.45, 7) is 6.20. The van der Waals surface area contributed by atoms with Gasteiger partial charge in [0.25, 0.3) is 0 Å². The Hall–Kier alpha value is -1.35. The topological polar surface area (TPSA) is 35.5 Å². The van der Waals surface area contributed by atoms with Crippen molar-refractivity contribution in [2.45, 2.75) is 65.1 Å². The second-order valence-corrected chi connectivity index (χ2v) is 6.18. The van der Waals surface area contributed by atoms with E-state index in [2.05, 4.69) is 32.9 Å². The van der Waals surface area contributed by atoms with Crippen molar-refractivity contribution in [3.63, 3.8) is 0 Å². The largest absolute Gasteiger partial charge is 0.462 e. The average Bonchev–Trinajstić information content (AvgIpc) is 2.43. The average molecular weight is 290 g/mol. The van der Waals surface area contributed by atoms with Crippen molar-refractivity contribution in [3.8, 4) is 0 Å².